The van der Waals surface area contributed by atoms with Crippen LogP contribution in [0.15, 0.2) is 24.3 Å². The van der Waals surface area contributed by atoms with E-state index in [0.29, 0.717) is 6.54 Å². The highest BCUT2D eigenvalue weighted by Crippen LogP contribution is 2.26. The number of nitrogens with zero attached hydrogens (tertiary/aromatic N) is 2. The number of benzene rings is 1. The monoisotopic (exact) mass is 160 g/mol. The van der Waals surface area contributed by atoms with Crippen LogP contribution in [0.25, 0.3) is 0 Å². The van der Waals surface area contributed by atoms with Gasteiger partial charge in [-0.1, -0.05) is 12.1 Å². The number of nitriles is 1. The number of fused-ring (bicyclic) bond motifs is 1. The van der Waals surface area contributed by atoms with E-state index in [1.165, 1.54) is 0 Å². The summed E-state index contributed by atoms with van der Waals surface area (Å²) in [7, 11) is 0. The first-order chi connectivity index (χ1) is 5.90. The van der Waals surface area contributed by atoms with Gasteiger partial charge in [-0.3, -0.25) is 10.9 Å². The zero-order valence-electron chi connectivity index (χ0n) is 6.41. The minimum absolute atomic E-state index is 0.314. The van der Waals surface area contributed by atoms with Crippen LogP contribution in [0.5, 0.6) is 0 Å². The first kappa shape index (κ1) is 6.95. The highest BCUT2D eigenvalue weighted by atomic mass is 15.8. The van der Waals surface area contributed by atoms with Crippen LogP contribution in [0.1, 0.15) is 0 Å². The maximum Gasteiger partial charge on any atom is 0.126 e. The summed E-state index contributed by atoms with van der Waals surface area (Å²) in [4.78, 5) is 0. The molecule has 0 saturated carbocycles. The Hall–Kier alpha value is -1.73. The molecule has 0 saturated heterocycles. The van der Waals surface area contributed by atoms with Crippen molar-refractivity contribution in [3.63, 3.8) is 0 Å². The molecule has 0 fully saturated rings. The highest BCUT2D eigenvalue weighted by Gasteiger charge is 2.14. The maximum atomic E-state index is 8.43. The quantitative estimate of drug-likeness (QED) is 0.606. The van der Waals surface area contributed by atoms with Crippen LogP contribution < -0.4 is 10.9 Å². The van der Waals surface area contributed by atoms with E-state index in [9.17, 15) is 0 Å². The van der Waals surface area contributed by atoms with Crippen molar-refractivity contribution in [1.29, 1.82) is 5.26 Å². The van der Waals surface area contributed by atoms with Gasteiger partial charge in [-0.2, -0.15) is 5.26 Å². The Bertz CT molecular complexity index is 303. The molecule has 60 valence electrons. The molecule has 0 radical (unpaired) electrons. The van der Waals surface area contributed by atoms with Crippen LogP contribution in [0.3, 0.4) is 0 Å². The Labute approximate surface area is 70.3 Å². The molecule has 0 amide bonds. The highest BCUT2D eigenvalue weighted by molar-refractivity contribution is 5.71. The molecule has 0 aromatic heterocycles. The molecule has 0 aliphatic carbocycles. The van der Waals surface area contributed by atoms with Gasteiger partial charge in [0.15, 0.2) is 0 Å². The van der Waals surface area contributed by atoms with Crippen molar-refractivity contribution in [3.8, 4) is 6.07 Å². The van der Waals surface area contributed by atoms with Crippen molar-refractivity contribution in [2.75, 3.05) is 17.4 Å². The zero-order chi connectivity index (χ0) is 8.39. The first-order valence-corrected chi connectivity index (χ1v) is 3.67. The van der Waals surface area contributed by atoms with E-state index in [0.717, 1.165) is 11.4 Å². The van der Waals surface area contributed by atoms with Gasteiger partial charge < -0.3 is 0 Å². The molecular formula is C8H8N4. The van der Waals surface area contributed by atoms with Gasteiger partial charge in [0.1, 0.15) is 6.54 Å². The van der Waals surface area contributed by atoms with E-state index in [4.69, 9.17) is 5.26 Å². The number of anilines is 2. The van der Waals surface area contributed by atoms with Gasteiger partial charge in [0.05, 0.1) is 17.4 Å². The largest absolute Gasteiger partial charge is 0.298 e. The van der Waals surface area contributed by atoms with Crippen LogP contribution >= 0.6 is 0 Å². The lowest BCUT2D eigenvalue weighted by Crippen LogP contribution is -2.29. The molecule has 1 aliphatic heterocycles. The van der Waals surface area contributed by atoms with E-state index in [1.54, 1.807) is 5.12 Å². The minimum Gasteiger partial charge on any atom is -0.298 e. The van der Waals surface area contributed by atoms with Gasteiger partial charge in [-0.05, 0) is 12.1 Å². The Kier molecular flexibility index (Phi) is 1.57. The van der Waals surface area contributed by atoms with Crippen LogP contribution in [-0.2, 0) is 0 Å². The fraction of sp³-hybridized carbons (Fsp3) is 0.125. The van der Waals surface area contributed by atoms with Gasteiger partial charge in [0.25, 0.3) is 0 Å². The van der Waals surface area contributed by atoms with Gasteiger partial charge >= 0.3 is 0 Å². The van der Waals surface area contributed by atoms with Crippen molar-refractivity contribution < 1.29 is 0 Å². The van der Waals surface area contributed by atoms with Crippen molar-refractivity contribution in [2.45, 2.75) is 0 Å². The van der Waals surface area contributed by atoms with Crippen LogP contribution in [0.2, 0.25) is 0 Å². The van der Waals surface area contributed by atoms with E-state index >= 15 is 0 Å². The Morgan fingerprint density at radius 3 is 2.33 bits per heavy atom. The smallest absolute Gasteiger partial charge is 0.126 e. The van der Waals surface area contributed by atoms with Crippen molar-refractivity contribution in [3.05, 3.63) is 24.3 Å². The molecular weight excluding hydrogens is 152 g/mol. The summed E-state index contributed by atoms with van der Waals surface area (Å²) in [6, 6.07) is 9.86. The molecule has 1 aliphatic rings. The summed E-state index contributed by atoms with van der Waals surface area (Å²) in [6.45, 7) is 0.314. The number of nitrogens with one attached hydrogen (secondary N) is 2. The lowest BCUT2D eigenvalue weighted by molar-refractivity contribution is 0.463. The van der Waals surface area contributed by atoms with Crippen LogP contribution in [-0.4, -0.2) is 11.7 Å². The molecule has 4 nitrogen and oxygen atoms in total. The molecule has 12 heavy (non-hydrogen) atoms. The number of rotatable bonds is 1. The second kappa shape index (κ2) is 2.72. The van der Waals surface area contributed by atoms with E-state index in [2.05, 4.69) is 10.9 Å². The summed E-state index contributed by atoms with van der Waals surface area (Å²) in [5, 5.41) is 10.1. The van der Waals surface area contributed by atoms with E-state index < -0.39 is 0 Å². The third kappa shape index (κ3) is 1.06. The van der Waals surface area contributed by atoms with Crippen LogP contribution in [0, 0.1) is 11.3 Å². The summed E-state index contributed by atoms with van der Waals surface area (Å²) in [5.41, 5.74) is 8.08. The third-order valence-corrected chi connectivity index (χ3v) is 1.67. The maximum absolute atomic E-state index is 8.43. The SMILES string of the molecule is N#CCN1Nc2ccccc2N1. The molecule has 4 heteroatoms. The first-order valence-electron chi connectivity index (χ1n) is 3.67. The average Bonchev–Trinajstić information content (AvgIpc) is 2.47. The molecule has 1 aromatic carbocycles. The fourth-order valence-electron chi connectivity index (χ4n) is 1.15. The summed E-state index contributed by atoms with van der Waals surface area (Å²) < 4.78 is 0. The number of hydrazine groups is 2. The lowest BCUT2D eigenvalue weighted by Gasteiger charge is -2.10. The molecule has 1 aromatic rings. The molecule has 2 N–H and O–H groups in total. The number of hydrogen-bond donors (Lipinski definition) is 2. The molecule has 1 heterocycles. The van der Waals surface area contributed by atoms with Crippen LogP contribution in [0.4, 0.5) is 11.4 Å². The predicted octanol–water partition coefficient (Wildman–Crippen LogP) is 1.18. The Morgan fingerprint density at radius 2 is 1.83 bits per heavy atom. The lowest BCUT2D eigenvalue weighted by atomic mass is 10.3. The second-order valence-corrected chi connectivity index (χ2v) is 2.51. The van der Waals surface area contributed by atoms with Gasteiger partial charge in [-0.25, -0.2) is 0 Å². The summed E-state index contributed by atoms with van der Waals surface area (Å²) in [5.74, 6) is 0. The third-order valence-electron chi connectivity index (χ3n) is 1.67. The van der Waals surface area contributed by atoms with E-state index in [1.807, 2.05) is 30.3 Å². The molecule has 2 rings (SSSR count). The molecule has 0 atom stereocenters. The summed E-state index contributed by atoms with van der Waals surface area (Å²) >= 11 is 0. The summed E-state index contributed by atoms with van der Waals surface area (Å²) in [6.07, 6.45) is 0. The molecule has 0 bridgehead atoms. The zero-order valence-corrected chi connectivity index (χ0v) is 6.41. The van der Waals surface area contributed by atoms with Gasteiger partial charge in [0, 0.05) is 0 Å². The van der Waals surface area contributed by atoms with Crippen molar-refractivity contribution in [1.82, 2.24) is 5.12 Å². The van der Waals surface area contributed by atoms with Gasteiger partial charge in [-0.15, -0.1) is 5.12 Å². The van der Waals surface area contributed by atoms with Gasteiger partial charge in [0.2, 0.25) is 0 Å². The molecule has 0 unspecified atom stereocenters. The van der Waals surface area contributed by atoms with E-state index in [-0.39, 0.29) is 0 Å². The normalized spacial score (nSPS) is 14.2. The van der Waals surface area contributed by atoms with Crippen molar-refractivity contribution in [2.24, 2.45) is 0 Å². The average molecular weight is 160 g/mol. The Balaban J connectivity index is 2.18. The minimum atomic E-state index is 0.314. The second-order valence-electron chi connectivity index (χ2n) is 2.51. The molecule has 0 spiro atoms. The Morgan fingerprint density at radius 1 is 1.25 bits per heavy atom. The standard InChI is InChI=1S/C8H8N4/c9-5-6-12-10-7-3-1-2-4-8(7)11-12/h1-4,10-11H,6H2. The topological polar surface area (TPSA) is 51.1 Å². The number of hydrogen-bond acceptors (Lipinski definition) is 4. The predicted molar refractivity (Wildman–Crippen MR) is 46.0 cm³/mol. The number of para-hydroxylation sites is 2. The van der Waals surface area contributed by atoms with Crippen molar-refractivity contribution >= 4 is 11.4 Å². The fourth-order valence-corrected chi connectivity index (χ4v) is 1.15.